The minimum absolute atomic E-state index is 0.0671. The summed E-state index contributed by atoms with van der Waals surface area (Å²) in [7, 11) is -3.46. The van der Waals surface area contributed by atoms with Gasteiger partial charge in [-0.2, -0.15) is 0 Å². The van der Waals surface area contributed by atoms with Crippen molar-refractivity contribution in [1.29, 1.82) is 0 Å². The van der Waals surface area contributed by atoms with Gasteiger partial charge in [0.25, 0.3) is 0 Å². The van der Waals surface area contributed by atoms with E-state index in [9.17, 15) is 8.42 Å². The second-order valence-corrected chi connectivity index (χ2v) is 7.76. The number of hydrogen-bond donors (Lipinski definition) is 2. The molecule has 4 nitrogen and oxygen atoms in total. The fraction of sp³-hybridized carbons (Fsp3) is 0.625. The average molecular weight is 310 g/mol. The largest absolute Gasteiger partial charge is 0.326 e. The van der Waals surface area contributed by atoms with Gasteiger partial charge in [-0.25, -0.2) is 13.1 Å². The Kier molecular flexibility index (Phi) is 5.41. The Morgan fingerprint density at radius 1 is 1.24 bits per heavy atom. The van der Waals surface area contributed by atoms with E-state index in [2.05, 4.69) is 11.6 Å². The normalized spacial score (nSPS) is 23.2. The Morgan fingerprint density at radius 2 is 1.90 bits per heavy atom. The number of benzene rings is 1. The number of aryl methyl sites for hydroxylation is 1. The minimum atomic E-state index is -3.46. The Morgan fingerprint density at radius 3 is 2.48 bits per heavy atom. The molecule has 0 aliphatic heterocycles. The zero-order valence-electron chi connectivity index (χ0n) is 12.9. The first-order chi connectivity index (χ1) is 9.96. The molecule has 21 heavy (non-hydrogen) atoms. The maximum atomic E-state index is 12.7. The summed E-state index contributed by atoms with van der Waals surface area (Å²) in [5.74, 6) is 0.706. The monoisotopic (exact) mass is 310 g/mol. The van der Waals surface area contributed by atoms with E-state index in [1.54, 1.807) is 6.07 Å². The zero-order valence-corrected chi connectivity index (χ0v) is 13.7. The molecule has 0 unspecified atom stereocenters. The molecule has 0 spiro atoms. The van der Waals surface area contributed by atoms with Gasteiger partial charge >= 0.3 is 0 Å². The summed E-state index contributed by atoms with van der Waals surface area (Å²) >= 11 is 0. The third-order valence-electron chi connectivity index (χ3n) is 4.38. The van der Waals surface area contributed by atoms with Gasteiger partial charge in [0, 0.05) is 12.6 Å². The molecule has 1 aromatic rings. The highest BCUT2D eigenvalue weighted by atomic mass is 32.2. The van der Waals surface area contributed by atoms with E-state index in [0.717, 1.165) is 36.8 Å². The Hall–Kier alpha value is -0.910. The van der Waals surface area contributed by atoms with Crippen LogP contribution < -0.4 is 10.5 Å². The van der Waals surface area contributed by atoms with Crippen LogP contribution in [0.2, 0.25) is 0 Å². The van der Waals surface area contributed by atoms with E-state index in [1.807, 2.05) is 19.1 Å². The highest BCUT2D eigenvalue weighted by molar-refractivity contribution is 7.89. The molecule has 5 heteroatoms. The van der Waals surface area contributed by atoms with Crippen molar-refractivity contribution in [2.24, 2.45) is 11.7 Å². The van der Waals surface area contributed by atoms with Crippen LogP contribution in [-0.4, -0.2) is 14.5 Å². The lowest BCUT2D eigenvalue weighted by molar-refractivity contribution is 0.332. The number of nitrogens with one attached hydrogen (secondary N) is 1. The van der Waals surface area contributed by atoms with Gasteiger partial charge in [0.15, 0.2) is 0 Å². The van der Waals surface area contributed by atoms with Crippen LogP contribution in [0.25, 0.3) is 0 Å². The summed E-state index contributed by atoms with van der Waals surface area (Å²) in [6.45, 7) is 4.55. The second kappa shape index (κ2) is 6.90. The third-order valence-corrected chi connectivity index (χ3v) is 5.98. The first kappa shape index (κ1) is 16.5. The van der Waals surface area contributed by atoms with Crippen LogP contribution in [0.1, 0.15) is 50.7 Å². The summed E-state index contributed by atoms with van der Waals surface area (Å²) in [5.41, 5.74) is 7.34. The van der Waals surface area contributed by atoms with Crippen LogP contribution in [0.4, 0.5) is 0 Å². The maximum Gasteiger partial charge on any atom is 0.241 e. The van der Waals surface area contributed by atoms with Crippen molar-refractivity contribution in [1.82, 2.24) is 4.72 Å². The summed E-state index contributed by atoms with van der Waals surface area (Å²) in [6.07, 6.45) is 4.74. The molecular weight excluding hydrogens is 284 g/mol. The molecule has 1 aliphatic carbocycles. The lowest BCUT2D eigenvalue weighted by Gasteiger charge is -2.27. The van der Waals surface area contributed by atoms with Crippen LogP contribution in [0.15, 0.2) is 23.1 Å². The molecule has 2 rings (SSSR count). The number of sulfonamides is 1. The molecule has 0 bridgehead atoms. The summed E-state index contributed by atoms with van der Waals surface area (Å²) in [5, 5.41) is 0. The van der Waals surface area contributed by atoms with Crippen LogP contribution in [-0.2, 0) is 23.0 Å². The smallest absolute Gasteiger partial charge is 0.241 e. The Balaban J connectivity index is 2.22. The average Bonchev–Trinajstić information content (AvgIpc) is 2.48. The summed E-state index contributed by atoms with van der Waals surface area (Å²) < 4.78 is 28.2. The highest BCUT2D eigenvalue weighted by Crippen LogP contribution is 2.26. The van der Waals surface area contributed by atoms with Crippen molar-refractivity contribution in [2.45, 2.75) is 63.4 Å². The SMILES string of the molecule is CCc1ccc(CN)cc1S(=O)(=O)NC1CCC(C)CC1. The molecule has 3 N–H and O–H groups in total. The van der Waals surface area contributed by atoms with Gasteiger partial charge in [-0.1, -0.05) is 26.0 Å². The number of nitrogens with two attached hydrogens (primary N) is 1. The van der Waals surface area contributed by atoms with Crippen molar-refractivity contribution < 1.29 is 8.42 Å². The van der Waals surface area contributed by atoms with Crippen LogP contribution in [0.5, 0.6) is 0 Å². The van der Waals surface area contributed by atoms with Gasteiger partial charge in [0.1, 0.15) is 0 Å². The van der Waals surface area contributed by atoms with Crippen molar-refractivity contribution >= 4 is 10.0 Å². The summed E-state index contributed by atoms with van der Waals surface area (Å²) in [6, 6.07) is 5.56. The zero-order chi connectivity index (χ0) is 15.5. The lowest BCUT2D eigenvalue weighted by Crippen LogP contribution is -2.37. The Bertz CT molecular complexity index is 576. The van der Waals surface area contributed by atoms with Gasteiger partial charge in [-0.15, -0.1) is 0 Å². The van der Waals surface area contributed by atoms with E-state index in [-0.39, 0.29) is 6.04 Å². The van der Waals surface area contributed by atoms with Gasteiger partial charge in [-0.05, 0) is 55.2 Å². The van der Waals surface area contributed by atoms with Crippen molar-refractivity contribution in [3.8, 4) is 0 Å². The van der Waals surface area contributed by atoms with Crippen molar-refractivity contribution in [3.05, 3.63) is 29.3 Å². The molecule has 0 heterocycles. The minimum Gasteiger partial charge on any atom is -0.326 e. The molecule has 1 aliphatic rings. The molecule has 118 valence electrons. The van der Waals surface area contributed by atoms with Gasteiger partial charge in [-0.3, -0.25) is 0 Å². The third kappa shape index (κ3) is 4.05. The van der Waals surface area contributed by atoms with E-state index in [4.69, 9.17) is 5.73 Å². The fourth-order valence-corrected chi connectivity index (χ4v) is 4.59. The van der Waals surface area contributed by atoms with E-state index >= 15 is 0 Å². The molecule has 0 radical (unpaired) electrons. The van der Waals surface area contributed by atoms with E-state index in [1.165, 1.54) is 0 Å². The lowest BCUT2D eigenvalue weighted by atomic mass is 9.88. The molecule has 0 aromatic heterocycles. The van der Waals surface area contributed by atoms with E-state index in [0.29, 0.717) is 23.8 Å². The quantitative estimate of drug-likeness (QED) is 0.878. The topological polar surface area (TPSA) is 72.2 Å². The molecule has 0 amide bonds. The Labute approximate surface area is 128 Å². The van der Waals surface area contributed by atoms with Gasteiger partial charge < -0.3 is 5.73 Å². The molecular formula is C16H26N2O2S. The molecule has 0 atom stereocenters. The first-order valence-electron chi connectivity index (χ1n) is 7.80. The second-order valence-electron chi connectivity index (χ2n) is 6.08. The van der Waals surface area contributed by atoms with Crippen molar-refractivity contribution in [3.63, 3.8) is 0 Å². The molecule has 1 fully saturated rings. The van der Waals surface area contributed by atoms with Crippen LogP contribution >= 0.6 is 0 Å². The predicted molar refractivity (Wildman–Crippen MR) is 85.5 cm³/mol. The number of rotatable bonds is 5. The van der Waals surface area contributed by atoms with Gasteiger partial charge in [0.2, 0.25) is 10.0 Å². The van der Waals surface area contributed by atoms with E-state index < -0.39 is 10.0 Å². The standard InChI is InChI=1S/C16H26N2O2S/c1-3-14-7-6-13(11-17)10-16(14)21(19,20)18-15-8-4-12(2)5-9-15/h6-7,10,12,15,18H,3-5,8-9,11,17H2,1-2H3. The van der Waals surface area contributed by atoms with Crippen LogP contribution in [0.3, 0.4) is 0 Å². The summed E-state index contributed by atoms with van der Waals surface area (Å²) in [4.78, 5) is 0.395. The highest BCUT2D eigenvalue weighted by Gasteiger charge is 2.25. The predicted octanol–water partition coefficient (Wildman–Crippen LogP) is 2.56. The molecule has 0 saturated heterocycles. The molecule has 1 saturated carbocycles. The van der Waals surface area contributed by atoms with Gasteiger partial charge in [0.05, 0.1) is 4.90 Å². The first-order valence-corrected chi connectivity index (χ1v) is 9.28. The maximum absolute atomic E-state index is 12.7. The van der Waals surface area contributed by atoms with Crippen molar-refractivity contribution in [2.75, 3.05) is 0 Å². The molecule has 1 aromatic carbocycles. The fourth-order valence-electron chi connectivity index (χ4n) is 2.93. The van der Waals surface area contributed by atoms with Crippen LogP contribution in [0, 0.1) is 5.92 Å². The number of hydrogen-bond acceptors (Lipinski definition) is 3.